The molecule has 1 unspecified atom stereocenters. The van der Waals surface area contributed by atoms with Crippen LogP contribution in [0.1, 0.15) is 48.0 Å². The molecule has 0 aromatic carbocycles. The van der Waals surface area contributed by atoms with Gasteiger partial charge >= 0.3 is 0 Å². The zero-order valence-electron chi connectivity index (χ0n) is 17.6. The largest absolute Gasteiger partial charge is 0.344 e. The fourth-order valence-electron chi connectivity index (χ4n) is 2.92. The van der Waals surface area contributed by atoms with E-state index in [2.05, 4.69) is 30.1 Å². The van der Waals surface area contributed by atoms with E-state index in [4.69, 9.17) is 0 Å². The van der Waals surface area contributed by atoms with Crippen LogP contribution in [-0.2, 0) is 14.4 Å². The first-order valence-electron chi connectivity index (χ1n) is 9.50. The lowest BCUT2D eigenvalue weighted by Gasteiger charge is -2.33. The van der Waals surface area contributed by atoms with E-state index in [0.717, 1.165) is 0 Å². The zero-order chi connectivity index (χ0) is 21.5. The van der Waals surface area contributed by atoms with Gasteiger partial charge in [-0.15, -0.1) is 0 Å². The first-order valence-corrected chi connectivity index (χ1v) is 10.1. The third kappa shape index (κ3) is 7.19. The smallest absolute Gasteiger partial charge is 0.248 e. The molecule has 0 aliphatic carbocycles. The van der Waals surface area contributed by atoms with Gasteiger partial charge in [0.2, 0.25) is 17.7 Å². The zero-order valence-corrected chi connectivity index (χ0v) is 18.7. The summed E-state index contributed by atoms with van der Waals surface area (Å²) >= 11 is 0. The predicted molar refractivity (Wildman–Crippen MR) is 114 cm³/mol. The van der Waals surface area contributed by atoms with Gasteiger partial charge < -0.3 is 15.7 Å². The first-order chi connectivity index (χ1) is 13.0. The second-order valence-corrected chi connectivity index (χ2v) is 8.83. The van der Waals surface area contributed by atoms with Crippen molar-refractivity contribution < 1.29 is 14.4 Å². The summed E-state index contributed by atoms with van der Waals surface area (Å²) in [5.41, 5.74) is -0.525. The van der Waals surface area contributed by atoms with Crippen LogP contribution in [0.2, 0.25) is 0 Å². The van der Waals surface area contributed by atoms with E-state index in [1.54, 1.807) is 31.3 Å². The molecular formula is C20H33N4O3P. The molecule has 4 atom stereocenters. The Morgan fingerprint density at radius 3 is 2.18 bits per heavy atom. The van der Waals surface area contributed by atoms with E-state index in [1.807, 2.05) is 34.6 Å². The van der Waals surface area contributed by atoms with E-state index in [0.29, 0.717) is 12.2 Å². The highest BCUT2D eigenvalue weighted by atomic mass is 31.0. The summed E-state index contributed by atoms with van der Waals surface area (Å²) in [5.74, 6) is -1.27. The highest BCUT2D eigenvalue weighted by Gasteiger charge is 2.37. The van der Waals surface area contributed by atoms with Crippen molar-refractivity contribution in [2.75, 3.05) is 5.32 Å². The van der Waals surface area contributed by atoms with Gasteiger partial charge in [-0.3, -0.25) is 14.4 Å². The Bertz CT molecular complexity index is 674. The number of nitrogens with one attached hydrogen (secondary N) is 3. The third-order valence-corrected chi connectivity index (χ3v) is 4.84. The van der Waals surface area contributed by atoms with Crippen molar-refractivity contribution in [1.29, 1.82) is 0 Å². The first kappa shape index (κ1) is 24.0. The fourth-order valence-corrected chi connectivity index (χ4v) is 3.18. The van der Waals surface area contributed by atoms with E-state index in [-0.39, 0.29) is 23.6 Å². The summed E-state index contributed by atoms with van der Waals surface area (Å²) < 4.78 is 0. The molecule has 7 nitrogen and oxygen atoms in total. The Labute approximate surface area is 170 Å². The molecule has 0 spiro atoms. The minimum absolute atomic E-state index is 0.226. The quantitative estimate of drug-likeness (QED) is 0.576. The van der Waals surface area contributed by atoms with Gasteiger partial charge in [0, 0.05) is 18.0 Å². The number of amides is 3. The van der Waals surface area contributed by atoms with E-state index in [9.17, 15) is 14.4 Å². The molecule has 0 saturated carbocycles. The molecule has 0 fully saturated rings. The summed E-state index contributed by atoms with van der Waals surface area (Å²) in [6, 6.07) is 4.44. The van der Waals surface area contributed by atoms with Crippen LogP contribution in [0.15, 0.2) is 24.4 Å². The van der Waals surface area contributed by atoms with Crippen LogP contribution in [-0.4, -0.2) is 28.7 Å². The van der Waals surface area contributed by atoms with Gasteiger partial charge in [0.25, 0.3) is 0 Å². The molecule has 156 valence electrons. The lowest BCUT2D eigenvalue weighted by Crippen LogP contribution is -2.54. The van der Waals surface area contributed by atoms with Gasteiger partial charge in [0.1, 0.15) is 11.9 Å². The van der Waals surface area contributed by atoms with Crippen LogP contribution in [0, 0.1) is 23.2 Å². The normalized spacial score (nSPS) is 14.7. The minimum Gasteiger partial charge on any atom is -0.344 e. The van der Waals surface area contributed by atoms with E-state index < -0.39 is 23.3 Å². The van der Waals surface area contributed by atoms with E-state index in [1.165, 1.54) is 0 Å². The van der Waals surface area contributed by atoms with Gasteiger partial charge in [-0.1, -0.05) is 47.6 Å². The Hall–Kier alpha value is -2.01. The van der Waals surface area contributed by atoms with Crippen molar-refractivity contribution >= 4 is 32.9 Å². The number of anilines is 1. The van der Waals surface area contributed by atoms with E-state index >= 15 is 0 Å². The van der Waals surface area contributed by atoms with Gasteiger partial charge in [-0.2, -0.15) is 0 Å². The van der Waals surface area contributed by atoms with Crippen LogP contribution >= 0.6 is 9.39 Å². The Morgan fingerprint density at radius 1 is 1.07 bits per heavy atom. The number of hydrogen-bond acceptors (Lipinski definition) is 4. The van der Waals surface area contributed by atoms with Crippen LogP contribution in [0.4, 0.5) is 5.82 Å². The number of carbonyl (C=O) groups is 3. The highest BCUT2D eigenvalue weighted by Crippen LogP contribution is 2.25. The molecule has 1 rings (SSSR count). The molecule has 28 heavy (non-hydrogen) atoms. The maximum absolute atomic E-state index is 13.1. The molecule has 0 radical (unpaired) electrons. The lowest BCUT2D eigenvalue weighted by molar-refractivity contribution is -0.136. The number of nitrogens with zero attached hydrogens (tertiary/aromatic N) is 1. The highest BCUT2D eigenvalue weighted by molar-refractivity contribution is 7.15. The van der Waals surface area contributed by atoms with Crippen molar-refractivity contribution in [2.24, 2.45) is 23.2 Å². The minimum atomic E-state index is -0.775. The van der Waals surface area contributed by atoms with Crippen LogP contribution < -0.4 is 15.7 Å². The van der Waals surface area contributed by atoms with Gasteiger partial charge in [-0.05, 0) is 39.3 Å². The van der Waals surface area contributed by atoms with Gasteiger partial charge in [-0.25, -0.2) is 4.98 Å². The molecule has 3 amide bonds. The number of aromatic nitrogens is 1. The third-order valence-electron chi connectivity index (χ3n) is 4.55. The van der Waals surface area contributed by atoms with Crippen molar-refractivity contribution in [1.82, 2.24) is 15.4 Å². The summed E-state index contributed by atoms with van der Waals surface area (Å²) in [7, 11) is 2.17. The second kappa shape index (κ2) is 10.5. The number of hydrogen-bond donors (Lipinski definition) is 3. The number of rotatable bonds is 8. The summed E-state index contributed by atoms with van der Waals surface area (Å²) in [4.78, 5) is 42.1. The van der Waals surface area contributed by atoms with Crippen molar-refractivity contribution in [2.45, 2.75) is 54.0 Å². The Balaban J connectivity index is 3.03. The monoisotopic (exact) mass is 408 g/mol. The maximum atomic E-state index is 13.1. The predicted octanol–water partition coefficient (Wildman–Crippen LogP) is 2.76. The molecule has 0 aliphatic rings. The van der Waals surface area contributed by atoms with Crippen LogP contribution in [0.25, 0.3) is 0 Å². The SMILES string of the molecule is CC(C)C[C@@H](C(=O)N[C@H](C(=O)Nc1ccccn1)C(C)(C)C)[C@H](C)C(=O)NP. The molecule has 3 N–H and O–H groups in total. The van der Waals surface area contributed by atoms with Gasteiger partial charge in [0.15, 0.2) is 0 Å². The molecular weight excluding hydrogens is 375 g/mol. The van der Waals surface area contributed by atoms with Gasteiger partial charge in [0.05, 0.1) is 0 Å². The molecule has 1 heterocycles. The molecule has 8 heteroatoms. The molecule has 1 aromatic rings. The topological polar surface area (TPSA) is 100 Å². The number of carbonyl (C=O) groups excluding carboxylic acids is 3. The number of pyridine rings is 1. The summed E-state index contributed by atoms with van der Waals surface area (Å²) in [6.07, 6.45) is 2.13. The molecule has 0 saturated heterocycles. The molecule has 0 aliphatic heterocycles. The second-order valence-electron chi connectivity index (χ2n) is 8.55. The van der Waals surface area contributed by atoms with Crippen molar-refractivity contribution in [3.8, 4) is 0 Å². The average molecular weight is 408 g/mol. The maximum Gasteiger partial charge on any atom is 0.248 e. The molecule has 0 bridgehead atoms. The van der Waals surface area contributed by atoms with Crippen molar-refractivity contribution in [3.05, 3.63) is 24.4 Å². The summed E-state index contributed by atoms with van der Waals surface area (Å²) in [5, 5.41) is 8.15. The fraction of sp³-hybridized carbons (Fsp3) is 0.600. The van der Waals surface area contributed by atoms with Crippen molar-refractivity contribution in [3.63, 3.8) is 0 Å². The molecule has 1 aromatic heterocycles. The average Bonchev–Trinajstić information content (AvgIpc) is 2.62. The van der Waals surface area contributed by atoms with Crippen LogP contribution in [0.5, 0.6) is 0 Å². The standard InChI is InChI=1S/C20H33N4O3P/c1-12(2)11-14(13(3)17(25)24-28)18(26)23-16(20(4,5)6)19(27)22-15-9-7-8-10-21-15/h7-10,12-14,16H,11,28H2,1-6H3,(H,23,26)(H,24,25)(H,21,22,27)/t13-,14+,16+/m0/s1. The van der Waals surface area contributed by atoms with Crippen LogP contribution in [0.3, 0.4) is 0 Å². The Kier molecular flexibility index (Phi) is 9.02. The Morgan fingerprint density at radius 2 is 1.71 bits per heavy atom. The lowest BCUT2D eigenvalue weighted by atomic mass is 9.82. The summed E-state index contributed by atoms with van der Waals surface area (Å²) in [6.45, 7) is 11.4.